The van der Waals surface area contributed by atoms with Crippen LogP contribution in [0.25, 0.3) is 22.0 Å². The quantitative estimate of drug-likeness (QED) is 0.210. The van der Waals surface area contributed by atoms with Gasteiger partial charge in [0.25, 0.3) is 0 Å². The summed E-state index contributed by atoms with van der Waals surface area (Å²) in [5.74, 6) is 3.04. The van der Waals surface area contributed by atoms with Crippen molar-refractivity contribution in [3.8, 4) is 34.3 Å². The van der Waals surface area contributed by atoms with E-state index >= 15 is 0 Å². The molecule has 4 saturated heterocycles. The highest BCUT2D eigenvalue weighted by Crippen LogP contribution is 2.59. The summed E-state index contributed by atoms with van der Waals surface area (Å²) in [7, 11) is 3.34. The number of carbonyl (C=O) groups excluding carboxylic acids is 1. The predicted octanol–water partition coefficient (Wildman–Crippen LogP) is 5.49. The molecule has 0 unspecified atom stereocenters. The number of methoxy groups -OCH3 is 2. The van der Waals surface area contributed by atoms with Crippen LogP contribution < -0.4 is 23.5 Å². The lowest BCUT2D eigenvalue weighted by atomic mass is 9.58. The van der Waals surface area contributed by atoms with E-state index in [1.54, 1.807) is 14.2 Å². The number of ether oxygens (including phenoxy) is 6. The molecule has 2 bridgehead atoms. The van der Waals surface area contributed by atoms with E-state index in [-0.39, 0.29) is 17.8 Å². The second kappa shape index (κ2) is 10.5. The van der Waals surface area contributed by atoms with Crippen LogP contribution in [-0.2, 0) is 37.0 Å². The van der Waals surface area contributed by atoms with Gasteiger partial charge in [0.15, 0.2) is 41.3 Å². The number of nitrogens with zero attached hydrogens (tertiary/aromatic N) is 1. The van der Waals surface area contributed by atoms with Gasteiger partial charge in [-0.1, -0.05) is 13.8 Å². The van der Waals surface area contributed by atoms with Crippen LogP contribution >= 0.6 is 0 Å². The number of rotatable bonds is 2. The van der Waals surface area contributed by atoms with Crippen LogP contribution in [0.1, 0.15) is 52.0 Å². The Kier molecular flexibility index (Phi) is 6.71. The zero-order valence-corrected chi connectivity index (χ0v) is 26.4. The number of benzene rings is 2. The van der Waals surface area contributed by atoms with Gasteiger partial charge in [-0.3, -0.25) is 4.79 Å². The van der Waals surface area contributed by atoms with E-state index in [2.05, 4.69) is 42.0 Å². The van der Waals surface area contributed by atoms with Crippen LogP contribution in [0.2, 0.25) is 0 Å². The third kappa shape index (κ3) is 4.32. The molecule has 0 radical (unpaired) electrons. The lowest BCUT2D eigenvalue weighted by Crippen LogP contribution is -2.69. The van der Waals surface area contributed by atoms with Crippen molar-refractivity contribution < 1.29 is 47.6 Å². The van der Waals surface area contributed by atoms with Crippen LogP contribution in [0.15, 0.2) is 36.5 Å². The fraction of sp³-hybridized carbons (Fsp3) is 0.543. The molecule has 45 heavy (non-hydrogen) atoms. The molecular formula is C35H40NO9+. The van der Waals surface area contributed by atoms with Crippen molar-refractivity contribution in [3.05, 3.63) is 42.1 Å². The number of fused-ring (bicyclic) bond motifs is 7. The average Bonchev–Trinajstić information content (AvgIpc) is 3.39. The Labute approximate surface area is 262 Å². The summed E-state index contributed by atoms with van der Waals surface area (Å²) >= 11 is 0. The lowest BCUT2D eigenvalue weighted by Gasteiger charge is -2.57. The van der Waals surface area contributed by atoms with Gasteiger partial charge in [-0.2, -0.15) is 4.57 Å². The van der Waals surface area contributed by atoms with Gasteiger partial charge in [-0.05, 0) is 67.3 Å². The van der Waals surface area contributed by atoms with Gasteiger partial charge in [-0.25, -0.2) is 9.78 Å². The molecule has 3 aromatic rings. The summed E-state index contributed by atoms with van der Waals surface area (Å²) in [6.45, 7) is 7.28. The Morgan fingerprint density at radius 2 is 1.78 bits per heavy atom. The fourth-order valence-electron chi connectivity index (χ4n) is 8.53. The molecule has 1 aliphatic carbocycles. The average molecular weight is 619 g/mol. The maximum atomic E-state index is 12.1. The predicted molar refractivity (Wildman–Crippen MR) is 161 cm³/mol. The molecule has 7 atom stereocenters. The van der Waals surface area contributed by atoms with Gasteiger partial charge >= 0.3 is 5.97 Å². The fourth-order valence-corrected chi connectivity index (χ4v) is 8.53. The number of hydrogen-bond donors (Lipinski definition) is 0. The first-order valence-corrected chi connectivity index (χ1v) is 16.0. The standard InChI is InChI=1S/C20H18NO4.C15H22O5/c1-22-17-4-3-12-7-16-14-9-19-18(24-11-25-19)8-13(14)5-6-21(16)10-15(12)20(17)23-2;1-8-4-5-11-9(2)12(16)17-13-15(11)10(8)6-7-14(3,18-13)19-20-15/h3-4,7-10H,5-6,11H2,1-2H3;8-11,13H,4-7H2,1-3H3/q+1;/t;8-,9-,10+,11+,13-,14-,15-/m.1/s1. The minimum Gasteiger partial charge on any atom is -0.493 e. The second-order valence-electron chi connectivity index (χ2n) is 13.4. The van der Waals surface area contributed by atoms with Crippen molar-refractivity contribution in [2.24, 2.45) is 23.7 Å². The minimum absolute atomic E-state index is 0.123. The highest BCUT2D eigenvalue weighted by atomic mass is 17.3. The Morgan fingerprint density at radius 1 is 0.956 bits per heavy atom. The van der Waals surface area contributed by atoms with Gasteiger partial charge < -0.3 is 28.4 Å². The van der Waals surface area contributed by atoms with Gasteiger partial charge in [0, 0.05) is 30.7 Å². The monoisotopic (exact) mass is 618 g/mol. The van der Waals surface area contributed by atoms with Crippen molar-refractivity contribution in [1.82, 2.24) is 0 Å². The Bertz CT molecular complexity index is 1690. The van der Waals surface area contributed by atoms with Crippen molar-refractivity contribution in [3.63, 3.8) is 0 Å². The minimum atomic E-state index is -0.793. The van der Waals surface area contributed by atoms with Gasteiger partial charge in [0.1, 0.15) is 0 Å². The van der Waals surface area contributed by atoms with Crippen LogP contribution in [0, 0.1) is 23.7 Å². The maximum Gasteiger partial charge on any atom is 0.311 e. The third-order valence-corrected chi connectivity index (χ3v) is 11.0. The zero-order valence-electron chi connectivity index (χ0n) is 26.4. The Morgan fingerprint density at radius 3 is 2.58 bits per heavy atom. The highest BCUT2D eigenvalue weighted by Gasteiger charge is 2.70. The number of esters is 1. The number of aryl methyl sites for hydroxylation is 2. The molecule has 10 nitrogen and oxygen atoms in total. The molecule has 1 aromatic heterocycles. The van der Waals surface area contributed by atoms with E-state index < -0.39 is 17.7 Å². The largest absolute Gasteiger partial charge is 0.493 e. The number of carbonyl (C=O) groups is 1. The normalized spacial score (nSPS) is 33.5. The maximum absolute atomic E-state index is 12.1. The van der Waals surface area contributed by atoms with Crippen molar-refractivity contribution in [2.75, 3.05) is 21.0 Å². The van der Waals surface area contributed by atoms with E-state index in [1.807, 2.05) is 19.9 Å². The molecule has 5 fully saturated rings. The van der Waals surface area contributed by atoms with E-state index in [0.29, 0.717) is 18.6 Å². The van der Waals surface area contributed by atoms with E-state index in [9.17, 15) is 4.79 Å². The van der Waals surface area contributed by atoms with Crippen LogP contribution in [0.3, 0.4) is 0 Å². The van der Waals surface area contributed by atoms with Gasteiger partial charge in [0.2, 0.25) is 24.6 Å². The molecule has 1 saturated carbocycles. The summed E-state index contributed by atoms with van der Waals surface area (Å²) in [5, 5.41) is 2.17. The summed E-state index contributed by atoms with van der Waals surface area (Å²) in [4.78, 5) is 23.7. The second-order valence-corrected chi connectivity index (χ2v) is 13.4. The molecule has 0 N–H and O–H groups in total. The topological polar surface area (TPSA) is 94.8 Å². The first-order valence-electron chi connectivity index (χ1n) is 16.0. The first-order chi connectivity index (χ1) is 21.7. The lowest BCUT2D eigenvalue weighted by molar-refractivity contribution is -0.686. The van der Waals surface area contributed by atoms with Crippen molar-refractivity contribution in [1.29, 1.82) is 0 Å². The molecule has 238 valence electrons. The molecular weight excluding hydrogens is 578 g/mol. The molecule has 1 spiro atoms. The zero-order chi connectivity index (χ0) is 31.1. The Hall–Kier alpha value is -3.60. The molecule has 10 heteroatoms. The molecule has 2 aromatic carbocycles. The van der Waals surface area contributed by atoms with Crippen LogP contribution in [0.4, 0.5) is 0 Å². The molecule has 7 heterocycles. The van der Waals surface area contributed by atoms with Crippen LogP contribution in [0.5, 0.6) is 23.0 Å². The summed E-state index contributed by atoms with van der Waals surface area (Å²) in [5.41, 5.74) is 3.07. The van der Waals surface area contributed by atoms with Gasteiger partial charge in [-0.15, -0.1) is 0 Å². The van der Waals surface area contributed by atoms with E-state index in [4.69, 9.17) is 38.2 Å². The van der Waals surface area contributed by atoms with Crippen molar-refractivity contribution in [2.45, 2.75) is 77.1 Å². The summed E-state index contributed by atoms with van der Waals surface area (Å²) < 4.78 is 36.0. The summed E-state index contributed by atoms with van der Waals surface area (Å²) in [6, 6.07) is 10.4. The SMILES string of the molecule is COc1ccc2cc3[n+](cc2c1OC)CCc1cc2c(cc1-3)OCO2.C[C@@H]1CC[C@H]2[C@@H](C)C(=O)O[C@@H]3O[C@@]4(C)CC[C@@H]1[C@]32OO4. The van der Waals surface area contributed by atoms with Crippen LogP contribution in [-0.4, -0.2) is 44.7 Å². The number of hydrogen-bond acceptors (Lipinski definition) is 9. The van der Waals surface area contributed by atoms with Crippen molar-refractivity contribution >= 4 is 16.7 Å². The number of aromatic nitrogens is 1. The van der Waals surface area contributed by atoms with E-state index in [0.717, 1.165) is 72.4 Å². The first kappa shape index (κ1) is 28.8. The summed E-state index contributed by atoms with van der Waals surface area (Å²) in [6.07, 6.45) is 6.36. The van der Waals surface area contributed by atoms with Gasteiger partial charge in [0.05, 0.1) is 31.1 Å². The third-order valence-electron chi connectivity index (χ3n) is 11.0. The smallest absolute Gasteiger partial charge is 0.311 e. The molecule has 10 rings (SSSR count). The Balaban J connectivity index is 0.000000137. The number of pyridine rings is 1. The molecule has 6 aliphatic heterocycles. The van der Waals surface area contributed by atoms with E-state index in [1.165, 1.54) is 16.8 Å². The highest BCUT2D eigenvalue weighted by molar-refractivity contribution is 5.91. The molecule has 0 amide bonds. The molecule has 7 aliphatic rings.